The lowest BCUT2D eigenvalue weighted by Gasteiger charge is -2.29. The minimum atomic E-state index is -1.87. The van der Waals surface area contributed by atoms with Gasteiger partial charge in [-0.25, -0.2) is 4.79 Å². The van der Waals surface area contributed by atoms with Crippen LogP contribution in [0.2, 0.25) is 0 Å². The summed E-state index contributed by atoms with van der Waals surface area (Å²) < 4.78 is 0. The van der Waals surface area contributed by atoms with Crippen LogP contribution in [-0.2, 0) is 38.4 Å². The Morgan fingerprint density at radius 3 is 1.65 bits per heavy atom. The fourth-order valence-electron chi connectivity index (χ4n) is 4.61. The molecule has 0 saturated carbocycles. The van der Waals surface area contributed by atoms with Crippen molar-refractivity contribution in [2.24, 2.45) is 34.0 Å². The van der Waals surface area contributed by atoms with E-state index in [0.717, 1.165) is 6.92 Å². The van der Waals surface area contributed by atoms with Crippen LogP contribution in [0.25, 0.3) is 0 Å². The van der Waals surface area contributed by atoms with Crippen molar-refractivity contribution in [2.45, 2.75) is 109 Å². The predicted molar refractivity (Wildman–Crippen MR) is 196 cm³/mol. The molecule has 0 aromatic heterocycles. The van der Waals surface area contributed by atoms with Gasteiger partial charge in [0.1, 0.15) is 36.3 Å². The first kappa shape index (κ1) is 49.3. The van der Waals surface area contributed by atoms with Crippen LogP contribution in [0.1, 0.15) is 60.3 Å². The van der Waals surface area contributed by atoms with Gasteiger partial charge in [-0.3, -0.25) is 38.6 Å². The minimum Gasteiger partial charge on any atom is -0.481 e. The number of hydrogen-bond acceptors (Lipinski definition) is 13. The largest absolute Gasteiger partial charge is 0.481 e. The molecule has 54 heavy (non-hydrogen) atoms. The number of aliphatic imine (C=N–C) groups is 1. The van der Waals surface area contributed by atoms with Gasteiger partial charge in [0.2, 0.25) is 35.4 Å². The third-order valence-corrected chi connectivity index (χ3v) is 8.40. The van der Waals surface area contributed by atoms with Crippen LogP contribution < -0.4 is 49.1 Å². The molecule has 6 amide bonds. The fourth-order valence-corrected chi connectivity index (χ4v) is 4.86. The number of guanidine groups is 1. The van der Waals surface area contributed by atoms with Crippen LogP contribution in [0.5, 0.6) is 0 Å². The number of carbonyl (C=O) groups excluding carboxylic acids is 6. The summed E-state index contributed by atoms with van der Waals surface area (Å²) >= 11 is 4.00. The highest BCUT2D eigenvalue weighted by Gasteiger charge is 2.36. The molecule has 0 rings (SSSR count). The molecule has 0 fully saturated rings. The maximum absolute atomic E-state index is 13.4. The van der Waals surface area contributed by atoms with Crippen molar-refractivity contribution >= 4 is 66.0 Å². The first-order valence-corrected chi connectivity index (χ1v) is 17.7. The molecule has 0 aromatic carbocycles. The summed E-state index contributed by atoms with van der Waals surface area (Å²) in [5, 5.41) is 52.5. The maximum Gasteiger partial charge on any atom is 0.326 e. The number of aliphatic carboxylic acids is 2. The minimum absolute atomic E-state index is 0.138. The first-order chi connectivity index (χ1) is 25.1. The molecular formula is C31H56N10O12S. The number of carbonyl (C=O) groups is 8. The normalized spacial score (nSPS) is 16.0. The molecule has 0 unspecified atom stereocenters. The van der Waals surface area contributed by atoms with E-state index in [4.69, 9.17) is 17.2 Å². The monoisotopic (exact) mass is 792 g/mol. The molecular weight excluding hydrogens is 736 g/mol. The molecule has 0 aliphatic carbocycles. The average molecular weight is 793 g/mol. The summed E-state index contributed by atoms with van der Waals surface area (Å²) in [5.74, 6) is -10.5. The molecule has 0 bridgehead atoms. The van der Waals surface area contributed by atoms with E-state index in [1.165, 1.54) is 0 Å². The van der Waals surface area contributed by atoms with Crippen molar-refractivity contribution in [1.82, 2.24) is 31.9 Å². The van der Waals surface area contributed by atoms with Gasteiger partial charge in [-0.05, 0) is 31.6 Å². The van der Waals surface area contributed by atoms with E-state index >= 15 is 0 Å². The number of aliphatic hydroxyl groups excluding tert-OH is 2. The van der Waals surface area contributed by atoms with Crippen molar-refractivity contribution in [3.63, 3.8) is 0 Å². The molecule has 0 heterocycles. The van der Waals surface area contributed by atoms with Gasteiger partial charge in [-0.1, -0.05) is 34.1 Å². The molecule has 0 aliphatic heterocycles. The predicted octanol–water partition coefficient (Wildman–Crippen LogP) is -5.16. The van der Waals surface area contributed by atoms with Gasteiger partial charge in [0.05, 0.1) is 25.2 Å². The second-order valence-electron chi connectivity index (χ2n) is 12.9. The van der Waals surface area contributed by atoms with Crippen LogP contribution >= 0.6 is 12.6 Å². The second kappa shape index (κ2) is 24.6. The van der Waals surface area contributed by atoms with Gasteiger partial charge in [0.15, 0.2) is 5.96 Å². The van der Waals surface area contributed by atoms with E-state index in [-0.39, 0.29) is 24.7 Å². The molecule has 16 N–H and O–H groups in total. The first-order valence-electron chi connectivity index (χ1n) is 17.1. The number of nitrogens with two attached hydrogens (primary N) is 3. The standard InChI is InChI=1S/C31H56N10O12S/c1-6-14(4)22(40-24(46)16(32)8-7-9-35-31(33)34)28(50)36-17(10-20(44)45)25(47)41-23(15(5)43)29(51)37-18(11-42)26(48)38-19(12-54)27(49)39-21(13(2)3)30(52)53/h13-19,21-23,42-43,54H,6-12,32H2,1-5H3,(H,36,50)(H,37,51)(H,38,48)(H,39,49)(H,40,46)(H,41,47)(H,44,45)(H,52,53)(H4,33,34,35)/t14-,15+,16-,17-,18-,19-,21-,22-,23-/m0/s1. The number of carboxylic acid groups (broad SMARTS) is 2. The van der Waals surface area contributed by atoms with Crippen LogP contribution in [0.4, 0.5) is 0 Å². The smallest absolute Gasteiger partial charge is 0.326 e. The van der Waals surface area contributed by atoms with Crippen molar-refractivity contribution < 1.29 is 58.8 Å². The lowest BCUT2D eigenvalue weighted by molar-refractivity contribution is -0.143. The van der Waals surface area contributed by atoms with Gasteiger partial charge in [-0.15, -0.1) is 0 Å². The molecule has 22 nitrogen and oxygen atoms in total. The lowest BCUT2D eigenvalue weighted by Crippen LogP contribution is -2.62. The zero-order valence-corrected chi connectivity index (χ0v) is 31.8. The number of aliphatic hydroxyl groups is 2. The molecule has 0 aliphatic rings. The van der Waals surface area contributed by atoms with Gasteiger partial charge < -0.3 is 69.5 Å². The zero-order valence-electron chi connectivity index (χ0n) is 30.9. The molecule has 308 valence electrons. The Bertz CT molecular complexity index is 1350. The summed E-state index contributed by atoms with van der Waals surface area (Å²) in [6.07, 6.45) is -1.82. The van der Waals surface area contributed by atoms with E-state index in [1.807, 2.05) is 0 Å². The van der Waals surface area contributed by atoms with Gasteiger partial charge in [-0.2, -0.15) is 12.6 Å². The topological polar surface area (TPSA) is 380 Å². The molecule has 23 heteroatoms. The van der Waals surface area contributed by atoms with Crippen LogP contribution in [0.15, 0.2) is 4.99 Å². The summed E-state index contributed by atoms with van der Waals surface area (Å²) in [4.78, 5) is 105. The van der Waals surface area contributed by atoms with Gasteiger partial charge >= 0.3 is 11.9 Å². The van der Waals surface area contributed by atoms with E-state index in [0.29, 0.717) is 12.8 Å². The summed E-state index contributed by atoms with van der Waals surface area (Å²) in [6, 6.07) is -10.5. The number of amides is 6. The van der Waals surface area contributed by atoms with Crippen molar-refractivity contribution in [3.05, 3.63) is 0 Å². The highest BCUT2D eigenvalue weighted by atomic mass is 32.1. The zero-order chi connectivity index (χ0) is 41.9. The Kier molecular flexibility index (Phi) is 22.4. The Hall–Kier alpha value is -4.74. The SMILES string of the molecule is CC[C@H](C)[C@H](NC(=O)[C@@H](N)CCCN=C(N)N)C(=O)N[C@@H](CC(=O)O)C(=O)N[C@H](C(=O)N[C@@H](CO)C(=O)N[C@@H](CS)C(=O)N[C@H](C(=O)O)C(C)C)[C@@H](C)O. The van der Waals surface area contributed by atoms with Gasteiger partial charge in [0.25, 0.3) is 0 Å². The van der Waals surface area contributed by atoms with E-state index in [2.05, 4.69) is 49.5 Å². The Balaban J connectivity index is 5.91. The van der Waals surface area contributed by atoms with Crippen LogP contribution in [0, 0.1) is 11.8 Å². The number of carboxylic acids is 2. The number of nitrogens with zero attached hydrogens (tertiary/aromatic N) is 1. The van der Waals surface area contributed by atoms with Gasteiger partial charge in [0, 0.05) is 12.3 Å². The van der Waals surface area contributed by atoms with Crippen molar-refractivity contribution in [1.29, 1.82) is 0 Å². The third kappa shape index (κ3) is 17.4. The lowest BCUT2D eigenvalue weighted by atomic mass is 9.97. The van der Waals surface area contributed by atoms with E-state index < -0.39 is 121 Å². The van der Waals surface area contributed by atoms with E-state index in [1.54, 1.807) is 27.7 Å². The number of hydrogen-bond donors (Lipinski definition) is 14. The summed E-state index contributed by atoms with van der Waals surface area (Å²) in [6.45, 7) is 6.66. The number of nitrogens with one attached hydrogen (secondary N) is 6. The summed E-state index contributed by atoms with van der Waals surface area (Å²) in [7, 11) is 0. The molecule has 9 atom stereocenters. The van der Waals surface area contributed by atoms with Crippen molar-refractivity contribution in [2.75, 3.05) is 18.9 Å². The quantitative estimate of drug-likeness (QED) is 0.0178. The maximum atomic E-state index is 13.4. The summed E-state index contributed by atoms with van der Waals surface area (Å²) in [5.41, 5.74) is 16.5. The highest BCUT2D eigenvalue weighted by molar-refractivity contribution is 7.80. The fraction of sp³-hybridized carbons (Fsp3) is 0.710. The highest BCUT2D eigenvalue weighted by Crippen LogP contribution is 2.11. The Morgan fingerprint density at radius 2 is 1.19 bits per heavy atom. The number of rotatable bonds is 25. The molecule has 0 spiro atoms. The third-order valence-electron chi connectivity index (χ3n) is 8.03. The molecule has 0 aromatic rings. The average Bonchev–Trinajstić information content (AvgIpc) is 3.09. The van der Waals surface area contributed by atoms with Crippen LogP contribution in [0.3, 0.4) is 0 Å². The van der Waals surface area contributed by atoms with Crippen molar-refractivity contribution in [3.8, 4) is 0 Å². The van der Waals surface area contributed by atoms with E-state index in [9.17, 15) is 58.8 Å². The molecule has 0 saturated heterocycles. The Labute approximate surface area is 318 Å². The second-order valence-corrected chi connectivity index (χ2v) is 13.2. The Morgan fingerprint density at radius 1 is 0.704 bits per heavy atom. The molecule has 0 radical (unpaired) electrons. The van der Waals surface area contributed by atoms with Crippen LogP contribution in [-0.4, -0.2) is 141 Å². The number of thiol groups is 1.